The molecule has 0 saturated heterocycles. The molecule has 0 radical (unpaired) electrons. The molecule has 0 atom stereocenters. The van der Waals surface area contributed by atoms with Crippen LogP contribution in [0.2, 0.25) is 0 Å². The molecule has 0 saturated carbocycles. The van der Waals surface area contributed by atoms with E-state index in [1.54, 1.807) is 0 Å². The van der Waals surface area contributed by atoms with Gasteiger partial charge in [-0.1, -0.05) is 208 Å². The molecule has 2 aliphatic carbocycles. The minimum atomic E-state index is -0.554. The summed E-state index contributed by atoms with van der Waals surface area (Å²) < 4.78 is 14.2. The van der Waals surface area contributed by atoms with Gasteiger partial charge in [-0.05, 0) is 79.9 Å². The molecule has 0 spiro atoms. The highest BCUT2D eigenvalue weighted by atomic mass is 16.6. The number of hydrogen-bond acceptors (Lipinski definition) is 4. The Hall–Kier alpha value is -8.34. The van der Waals surface area contributed by atoms with Gasteiger partial charge in [0.2, 0.25) is 0 Å². The van der Waals surface area contributed by atoms with Crippen LogP contribution in [0.5, 0.6) is 23.0 Å². The smallest absolute Gasteiger partial charge is 0.178 e. The van der Waals surface area contributed by atoms with Crippen LogP contribution >= 0.6 is 0 Å². The number of benzene rings is 9. The number of para-hydroxylation sites is 1. The maximum absolute atomic E-state index is 7.12. The fourth-order valence-electron chi connectivity index (χ4n) is 11.0. The van der Waals surface area contributed by atoms with Crippen molar-refractivity contribution in [1.29, 1.82) is 0 Å². The van der Waals surface area contributed by atoms with E-state index in [9.17, 15) is 0 Å². The highest BCUT2D eigenvalue weighted by Crippen LogP contribution is 2.63. The summed E-state index contributed by atoms with van der Waals surface area (Å²) in [4.78, 5) is 10.7. The Kier molecular flexibility index (Phi) is 8.44. The molecule has 0 fully saturated rings. The summed E-state index contributed by atoms with van der Waals surface area (Å²) in [6, 6.07) is 77.3. The van der Waals surface area contributed by atoms with Gasteiger partial charge in [-0.3, -0.25) is 0 Å². The molecule has 4 nitrogen and oxygen atoms in total. The van der Waals surface area contributed by atoms with E-state index in [1.807, 2.05) is 18.2 Å². The van der Waals surface area contributed by atoms with E-state index in [0.29, 0.717) is 23.1 Å². The zero-order valence-electron chi connectivity index (χ0n) is 36.5. The number of fused-ring (bicyclic) bond motifs is 9. The van der Waals surface area contributed by atoms with Crippen LogP contribution < -0.4 is 9.47 Å². The van der Waals surface area contributed by atoms with E-state index >= 15 is 0 Å². The van der Waals surface area contributed by atoms with Crippen LogP contribution in [-0.4, -0.2) is 9.97 Å². The molecular formula is C62H42N2O2. The van der Waals surface area contributed by atoms with Gasteiger partial charge in [0.25, 0.3) is 0 Å². The molecule has 0 N–H and O–H groups in total. The van der Waals surface area contributed by atoms with E-state index in [0.717, 1.165) is 61.6 Å². The molecular weight excluding hydrogens is 805 g/mol. The van der Waals surface area contributed by atoms with Gasteiger partial charge >= 0.3 is 0 Å². The Balaban J connectivity index is 0.945. The quantitative estimate of drug-likeness (QED) is 0.167. The first-order valence-corrected chi connectivity index (χ1v) is 22.6. The predicted molar refractivity (Wildman–Crippen MR) is 265 cm³/mol. The fourth-order valence-corrected chi connectivity index (χ4v) is 11.0. The number of nitrogens with zero attached hydrogens (tertiary/aromatic N) is 2. The van der Waals surface area contributed by atoms with Crippen LogP contribution in [0.1, 0.15) is 47.2 Å². The summed E-state index contributed by atoms with van der Waals surface area (Å²) in [5, 5.41) is 0. The van der Waals surface area contributed by atoms with Crippen molar-refractivity contribution in [1.82, 2.24) is 9.97 Å². The molecule has 312 valence electrons. The van der Waals surface area contributed by atoms with Crippen molar-refractivity contribution in [2.24, 2.45) is 0 Å². The minimum absolute atomic E-state index is 0.143. The molecule has 13 rings (SSSR count). The summed E-state index contributed by atoms with van der Waals surface area (Å²) in [5.41, 5.74) is 18.0. The molecule has 4 heteroatoms. The molecule has 1 aromatic heterocycles. The van der Waals surface area contributed by atoms with Crippen molar-refractivity contribution in [3.05, 3.63) is 252 Å². The molecule has 66 heavy (non-hydrogen) atoms. The lowest BCUT2D eigenvalue weighted by molar-refractivity contribution is 0.361. The Morgan fingerprint density at radius 3 is 1.62 bits per heavy atom. The van der Waals surface area contributed by atoms with Crippen LogP contribution in [0.15, 0.2) is 218 Å². The zero-order chi connectivity index (χ0) is 44.0. The van der Waals surface area contributed by atoms with Crippen LogP contribution in [0.4, 0.5) is 0 Å². The first-order chi connectivity index (χ1) is 32.5. The molecule has 0 amide bonds. The third-order valence-electron chi connectivity index (χ3n) is 14.1. The SMILES string of the molecule is CC1(C)c2ccccc2-c2ccc(-c3cc(-c4ccccc4)nc(-c4ccccc4-c4cccc5c4Oc4ccc6c(c4O5)-c4ccccc4C6(c4ccccc4)c4ccccc4)n3)cc21. The second-order valence-corrected chi connectivity index (χ2v) is 18.0. The zero-order valence-corrected chi connectivity index (χ0v) is 36.5. The fraction of sp³-hybridized carbons (Fsp3) is 0.0645. The van der Waals surface area contributed by atoms with Crippen LogP contribution in [0.25, 0.3) is 67.3 Å². The van der Waals surface area contributed by atoms with Gasteiger partial charge in [-0.25, -0.2) is 9.97 Å². The number of ether oxygens (including phenoxy) is 2. The highest BCUT2D eigenvalue weighted by Gasteiger charge is 2.48. The van der Waals surface area contributed by atoms with Crippen LogP contribution in [0.3, 0.4) is 0 Å². The van der Waals surface area contributed by atoms with Gasteiger partial charge in [-0.15, -0.1) is 0 Å². The lowest BCUT2D eigenvalue weighted by atomic mass is 9.68. The van der Waals surface area contributed by atoms with Crippen molar-refractivity contribution < 1.29 is 9.47 Å². The maximum atomic E-state index is 7.12. The Bertz CT molecular complexity index is 3520. The van der Waals surface area contributed by atoms with E-state index in [2.05, 4.69) is 214 Å². The van der Waals surface area contributed by atoms with Gasteiger partial charge in [0.05, 0.1) is 16.8 Å². The largest absolute Gasteiger partial charge is 0.449 e. The first kappa shape index (κ1) is 38.1. The van der Waals surface area contributed by atoms with Crippen LogP contribution in [0, 0.1) is 0 Å². The molecule has 9 aromatic carbocycles. The van der Waals surface area contributed by atoms with Crippen LogP contribution in [-0.2, 0) is 10.8 Å². The lowest BCUT2D eigenvalue weighted by Crippen LogP contribution is -2.28. The Morgan fingerprint density at radius 2 is 0.894 bits per heavy atom. The molecule has 2 heterocycles. The van der Waals surface area contributed by atoms with Crippen molar-refractivity contribution in [3.8, 4) is 90.3 Å². The van der Waals surface area contributed by atoms with E-state index in [4.69, 9.17) is 19.4 Å². The average Bonchev–Trinajstić information content (AvgIpc) is 3.82. The van der Waals surface area contributed by atoms with Crippen molar-refractivity contribution in [2.45, 2.75) is 24.7 Å². The van der Waals surface area contributed by atoms with E-state index in [-0.39, 0.29) is 5.41 Å². The molecule has 0 bridgehead atoms. The summed E-state index contributed by atoms with van der Waals surface area (Å²) in [5.74, 6) is 3.33. The van der Waals surface area contributed by atoms with Crippen molar-refractivity contribution >= 4 is 0 Å². The predicted octanol–water partition coefficient (Wildman–Crippen LogP) is 15.7. The summed E-state index contributed by atoms with van der Waals surface area (Å²) >= 11 is 0. The second kappa shape index (κ2) is 14.6. The molecule has 1 aliphatic heterocycles. The summed E-state index contributed by atoms with van der Waals surface area (Å²) in [6.45, 7) is 4.64. The summed E-state index contributed by atoms with van der Waals surface area (Å²) in [6.07, 6.45) is 0. The summed E-state index contributed by atoms with van der Waals surface area (Å²) in [7, 11) is 0. The average molecular weight is 847 g/mol. The molecule has 10 aromatic rings. The third-order valence-corrected chi connectivity index (χ3v) is 14.1. The third kappa shape index (κ3) is 5.58. The second-order valence-electron chi connectivity index (χ2n) is 18.0. The van der Waals surface area contributed by atoms with Crippen molar-refractivity contribution in [2.75, 3.05) is 0 Å². The number of hydrogen-bond donors (Lipinski definition) is 0. The van der Waals surface area contributed by atoms with Crippen molar-refractivity contribution in [3.63, 3.8) is 0 Å². The molecule has 0 unspecified atom stereocenters. The molecule has 3 aliphatic rings. The van der Waals surface area contributed by atoms with Gasteiger partial charge in [0.1, 0.15) is 0 Å². The first-order valence-electron chi connectivity index (χ1n) is 22.6. The van der Waals surface area contributed by atoms with Gasteiger partial charge in [0, 0.05) is 33.2 Å². The minimum Gasteiger partial charge on any atom is -0.449 e. The Morgan fingerprint density at radius 1 is 0.348 bits per heavy atom. The van der Waals surface area contributed by atoms with Gasteiger partial charge in [0.15, 0.2) is 28.8 Å². The van der Waals surface area contributed by atoms with E-state index < -0.39 is 5.41 Å². The van der Waals surface area contributed by atoms with E-state index in [1.165, 1.54) is 38.9 Å². The van der Waals surface area contributed by atoms with Gasteiger partial charge < -0.3 is 9.47 Å². The lowest BCUT2D eigenvalue weighted by Gasteiger charge is -2.34. The highest BCUT2D eigenvalue weighted by molar-refractivity contribution is 5.93. The number of rotatable bonds is 6. The topological polar surface area (TPSA) is 44.2 Å². The maximum Gasteiger partial charge on any atom is 0.178 e. The monoisotopic (exact) mass is 846 g/mol. The number of aromatic nitrogens is 2. The normalized spacial score (nSPS) is 14.1. The standard InChI is InChI=1S/C62H42N2O2/c1-61(2)49-30-16-14-26-44(49)45-34-33-40(37-52(45)61)54-38-53(39-19-6-3-7-20-39)63-60(64-54)47-27-13-12-25-43(47)46-29-18-32-55-58(46)65-56-36-35-51-57(59(56)66-55)48-28-15-17-31-50(48)62(51,41-21-8-4-9-22-41)42-23-10-5-11-24-42/h3-38H,1-2H3. The van der Waals surface area contributed by atoms with Gasteiger partial charge in [-0.2, -0.15) is 0 Å². The Labute approximate surface area is 384 Å².